The number of halogens is 5. The lowest BCUT2D eigenvalue weighted by Gasteiger charge is -2.12. The van der Waals surface area contributed by atoms with Crippen molar-refractivity contribution < 1.29 is 18.0 Å². The second kappa shape index (κ2) is 6.17. The van der Waals surface area contributed by atoms with Crippen LogP contribution in [0.2, 0.25) is 0 Å². The molecule has 0 aliphatic heterocycles. The van der Waals surface area contributed by atoms with Crippen LogP contribution >= 0.6 is 35.0 Å². The van der Waals surface area contributed by atoms with Crippen molar-refractivity contribution in [1.29, 1.82) is 0 Å². The Labute approximate surface area is 117 Å². The van der Waals surface area contributed by atoms with Gasteiger partial charge in [0.2, 0.25) is 0 Å². The Morgan fingerprint density at radius 1 is 1.44 bits per heavy atom. The van der Waals surface area contributed by atoms with Gasteiger partial charge < -0.3 is 0 Å². The topological polar surface area (TPSA) is 17.1 Å². The van der Waals surface area contributed by atoms with Gasteiger partial charge in [-0.25, -0.2) is 0 Å². The van der Waals surface area contributed by atoms with Crippen molar-refractivity contribution in [2.24, 2.45) is 0 Å². The first kappa shape index (κ1) is 15.7. The molecule has 1 aromatic carbocycles. The molecule has 0 saturated carbocycles. The molecule has 1 atom stereocenters. The number of hydrogen-bond acceptors (Lipinski definition) is 2. The molecule has 0 radical (unpaired) electrons. The molecule has 0 aliphatic carbocycles. The minimum Gasteiger partial charge on any atom is -0.298 e. The summed E-state index contributed by atoms with van der Waals surface area (Å²) in [6.45, 7) is 1.32. The average molecular weight is 317 g/mol. The first-order valence-electron chi connectivity index (χ1n) is 4.83. The summed E-state index contributed by atoms with van der Waals surface area (Å²) in [5.74, 6) is -0.346. The molecule has 7 heteroatoms. The average Bonchev–Trinajstić information content (AvgIpc) is 2.26. The van der Waals surface area contributed by atoms with Crippen molar-refractivity contribution >= 4 is 40.7 Å². The minimum absolute atomic E-state index is 0.0219. The van der Waals surface area contributed by atoms with E-state index in [4.69, 9.17) is 23.2 Å². The highest BCUT2D eigenvalue weighted by molar-refractivity contribution is 8.00. The first-order chi connectivity index (χ1) is 8.24. The zero-order chi connectivity index (χ0) is 13.9. The SMILES string of the molecule is CC(=O)C(Cl)c1ccc(SC(F)(F)F)c(CCl)c1. The Hall–Kier alpha value is -0.390. The Morgan fingerprint density at radius 2 is 2.06 bits per heavy atom. The highest BCUT2D eigenvalue weighted by Crippen LogP contribution is 2.40. The van der Waals surface area contributed by atoms with E-state index in [2.05, 4.69) is 0 Å². The lowest BCUT2D eigenvalue weighted by Crippen LogP contribution is -2.04. The predicted octanol–water partition coefficient (Wildman–Crippen LogP) is 4.91. The second-order valence-electron chi connectivity index (χ2n) is 3.52. The van der Waals surface area contributed by atoms with Crippen molar-refractivity contribution in [3.63, 3.8) is 0 Å². The number of rotatable bonds is 4. The molecule has 1 unspecified atom stereocenters. The van der Waals surface area contributed by atoms with Gasteiger partial charge in [0.15, 0.2) is 5.78 Å². The number of ketones is 1. The molecular weight excluding hydrogens is 308 g/mol. The van der Waals surface area contributed by atoms with E-state index in [0.29, 0.717) is 11.1 Å². The minimum atomic E-state index is -4.37. The summed E-state index contributed by atoms with van der Waals surface area (Å²) in [6.07, 6.45) is 0. The molecule has 0 amide bonds. The number of carbonyl (C=O) groups is 1. The Balaban J connectivity index is 3.07. The molecule has 0 N–H and O–H groups in total. The maximum absolute atomic E-state index is 12.3. The first-order valence-corrected chi connectivity index (χ1v) is 6.62. The van der Waals surface area contributed by atoms with Crippen LogP contribution in [0, 0.1) is 0 Å². The lowest BCUT2D eigenvalue weighted by molar-refractivity contribution is -0.116. The molecule has 0 spiro atoms. The zero-order valence-corrected chi connectivity index (χ0v) is 11.6. The molecule has 0 heterocycles. The number of benzene rings is 1. The molecule has 0 fully saturated rings. The maximum Gasteiger partial charge on any atom is 0.446 e. The molecule has 18 heavy (non-hydrogen) atoms. The van der Waals surface area contributed by atoms with Crippen LogP contribution in [0.5, 0.6) is 0 Å². The fraction of sp³-hybridized carbons (Fsp3) is 0.364. The van der Waals surface area contributed by atoms with Gasteiger partial charge in [0.25, 0.3) is 0 Å². The Kier molecular flexibility index (Phi) is 5.37. The summed E-state index contributed by atoms with van der Waals surface area (Å²) in [5, 5.41) is -0.864. The number of thioether (sulfide) groups is 1. The third kappa shape index (κ3) is 4.37. The van der Waals surface area contributed by atoms with E-state index < -0.39 is 10.9 Å². The molecule has 1 nitrogen and oxygen atoms in total. The Morgan fingerprint density at radius 3 is 2.50 bits per heavy atom. The van der Waals surface area contributed by atoms with Gasteiger partial charge >= 0.3 is 5.51 Å². The monoisotopic (exact) mass is 316 g/mol. The van der Waals surface area contributed by atoms with Gasteiger partial charge in [0.1, 0.15) is 5.38 Å². The van der Waals surface area contributed by atoms with Crippen LogP contribution in [-0.4, -0.2) is 11.3 Å². The molecule has 0 aromatic heterocycles. The van der Waals surface area contributed by atoms with Crippen LogP contribution in [0.4, 0.5) is 13.2 Å². The van der Waals surface area contributed by atoms with Crippen LogP contribution in [0.1, 0.15) is 23.4 Å². The van der Waals surface area contributed by atoms with Gasteiger partial charge in [-0.1, -0.05) is 12.1 Å². The van der Waals surface area contributed by atoms with Crippen LogP contribution in [0.3, 0.4) is 0 Å². The van der Waals surface area contributed by atoms with Crippen molar-refractivity contribution in [2.75, 3.05) is 0 Å². The smallest absolute Gasteiger partial charge is 0.298 e. The number of hydrogen-bond donors (Lipinski definition) is 0. The summed E-state index contributed by atoms with van der Waals surface area (Å²) in [6, 6.07) is 4.12. The van der Waals surface area contributed by atoms with E-state index in [1.165, 1.54) is 25.1 Å². The van der Waals surface area contributed by atoms with Crippen LogP contribution < -0.4 is 0 Å². The third-order valence-electron chi connectivity index (χ3n) is 2.10. The van der Waals surface area contributed by atoms with Crippen LogP contribution in [-0.2, 0) is 10.7 Å². The highest BCUT2D eigenvalue weighted by atomic mass is 35.5. The molecule has 100 valence electrons. The standard InChI is InChI=1S/C11H9Cl2F3OS/c1-6(17)10(13)7-2-3-9(8(4-7)5-12)18-11(14,15)16/h2-4,10H,5H2,1H3. The van der Waals surface area contributed by atoms with Gasteiger partial charge in [-0.05, 0) is 35.9 Å². The fourth-order valence-electron chi connectivity index (χ4n) is 1.32. The van der Waals surface area contributed by atoms with Gasteiger partial charge in [-0.3, -0.25) is 4.79 Å². The zero-order valence-electron chi connectivity index (χ0n) is 9.22. The van der Waals surface area contributed by atoms with Crippen LogP contribution in [0.25, 0.3) is 0 Å². The maximum atomic E-state index is 12.3. The lowest BCUT2D eigenvalue weighted by atomic mass is 10.1. The summed E-state index contributed by atoms with van der Waals surface area (Å²) in [4.78, 5) is 11.1. The molecule has 0 saturated heterocycles. The molecule has 0 bridgehead atoms. The summed E-state index contributed by atoms with van der Waals surface area (Å²) in [7, 11) is 0. The van der Waals surface area contributed by atoms with Crippen molar-refractivity contribution in [1.82, 2.24) is 0 Å². The van der Waals surface area contributed by atoms with E-state index in [0.717, 1.165) is 0 Å². The van der Waals surface area contributed by atoms with E-state index >= 15 is 0 Å². The van der Waals surface area contributed by atoms with Gasteiger partial charge in [0.05, 0.1) is 0 Å². The predicted molar refractivity (Wildman–Crippen MR) is 67.2 cm³/mol. The summed E-state index contributed by atoms with van der Waals surface area (Å²) >= 11 is 11.2. The van der Waals surface area contributed by atoms with E-state index in [1.807, 2.05) is 0 Å². The molecular formula is C11H9Cl2F3OS. The van der Waals surface area contributed by atoms with E-state index in [9.17, 15) is 18.0 Å². The van der Waals surface area contributed by atoms with E-state index in [1.54, 1.807) is 0 Å². The summed E-state index contributed by atoms with van der Waals surface area (Å²) < 4.78 is 36.9. The van der Waals surface area contributed by atoms with Crippen LogP contribution in [0.15, 0.2) is 23.1 Å². The highest BCUT2D eigenvalue weighted by Gasteiger charge is 2.30. The van der Waals surface area contributed by atoms with E-state index in [-0.39, 0.29) is 28.3 Å². The molecule has 1 rings (SSSR count). The Bertz CT molecular complexity index is 448. The normalized spacial score (nSPS) is 13.4. The van der Waals surface area contributed by atoms with Crippen molar-refractivity contribution in [3.8, 4) is 0 Å². The fourth-order valence-corrected chi connectivity index (χ4v) is 2.40. The number of alkyl halides is 5. The van der Waals surface area contributed by atoms with Crippen molar-refractivity contribution in [2.45, 2.75) is 28.6 Å². The van der Waals surface area contributed by atoms with Crippen molar-refractivity contribution in [3.05, 3.63) is 29.3 Å². The second-order valence-corrected chi connectivity index (χ2v) is 5.33. The number of Topliss-reactive ketones (excluding diaryl/α,β-unsaturated/α-hetero) is 1. The van der Waals surface area contributed by atoms with Gasteiger partial charge in [-0.15, -0.1) is 23.2 Å². The van der Waals surface area contributed by atoms with Gasteiger partial charge in [0, 0.05) is 10.8 Å². The molecule has 1 aromatic rings. The third-order valence-corrected chi connectivity index (χ3v) is 3.80. The number of carbonyl (C=O) groups excluding carboxylic acids is 1. The largest absolute Gasteiger partial charge is 0.446 e. The van der Waals surface area contributed by atoms with Gasteiger partial charge in [-0.2, -0.15) is 13.2 Å². The quantitative estimate of drug-likeness (QED) is 0.580. The molecule has 0 aliphatic rings. The summed E-state index contributed by atoms with van der Waals surface area (Å²) in [5.41, 5.74) is -3.61.